The Morgan fingerprint density at radius 1 is 1.14 bits per heavy atom. The van der Waals surface area contributed by atoms with Crippen LogP contribution >= 0.6 is 15.9 Å². The molecule has 0 radical (unpaired) electrons. The zero-order valence-corrected chi connectivity index (χ0v) is 14.6. The number of ether oxygens (including phenoxy) is 1. The summed E-state index contributed by atoms with van der Waals surface area (Å²) < 4.78 is 7.08. The molecule has 2 nitrogen and oxygen atoms in total. The molecular formula is C19H20BrNO. The Kier molecular flexibility index (Phi) is 4.65. The summed E-state index contributed by atoms with van der Waals surface area (Å²) in [5.74, 6) is 0.946. The minimum absolute atomic E-state index is 0.616. The third kappa shape index (κ3) is 3.26. The first kappa shape index (κ1) is 15.3. The van der Waals surface area contributed by atoms with Crippen LogP contribution in [-0.4, -0.2) is 25.5 Å². The molecule has 2 aromatic rings. The Balaban J connectivity index is 2.08. The van der Waals surface area contributed by atoms with Crippen LogP contribution in [0.1, 0.15) is 23.1 Å². The van der Waals surface area contributed by atoms with E-state index in [2.05, 4.69) is 83.5 Å². The van der Waals surface area contributed by atoms with Gasteiger partial charge in [0.1, 0.15) is 12.4 Å². The number of nitrogens with zero attached hydrogens (tertiary/aromatic N) is 1. The molecule has 0 unspecified atom stereocenters. The molecule has 0 atom stereocenters. The van der Waals surface area contributed by atoms with Gasteiger partial charge >= 0.3 is 0 Å². The Bertz CT molecular complexity index is 706. The van der Waals surface area contributed by atoms with Crippen molar-refractivity contribution >= 4 is 21.5 Å². The van der Waals surface area contributed by atoms with Crippen molar-refractivity contribution in [2.24, 2.45) is 0 Å². The van der Waals surface area contributed by atoms with Crippen LogP contribution in [0.4, 0.5) is 0 Å². The molecule has 0 aliphatic carbocycles. The molecule has 0 aromatic heterocycles. The second-order valence-corrected chi connectivity index (χ2v) is 6.71. The second-order valence-electron chi connectivity index (χ2n) is 5.80. The fourth-order valence-corrected chi connectivity index (χ4v) is 3.07. The molecule has 114 valence electrons. The minimum atomic E-state index is 0.616. The van der Waals surface area contributed by atoms with Crippen molar-refractivity contribution in [1.82, 2.24) is 4.90 Å². The maximum Gasteiger partial charge on any atom is 0.128 e. The highest BCUT2D eigenvalue weighted by atomic mass is 79.9. The summed E-state index contributed by atoms with van der Waals surface area (Å²) in [6.45, 7) is 1.66. The van der Waals surface area contributed by atoms with Crippen LogP contribution in [0, 0.1) is 0 Å². The Morgan fingerprint density at radius 2 is 1.95 bits per heavy atom. The van der Waals surface area contributed by atoms with Crippen molar-refractivity contribution < 1.29 is 4.74 Å². The molecule has 0 saturated heterocycles. The van der Waals surface area contributed by atoms with Gasteiger partial charge in [-0.15, -0.1) is 0 Å². The topological polar surface area (TPSA) is 12.5 Å². The van der Waals surface area contributed by atoms with E-state index in [9.17, 15) is 0 Å². The standard InChI is InChI=1S/C19H20BrNO/c1-21(2)11-5-8-17-16-7-4-3-6-14(16)13-22-19-12-15(20)9-10-18(17)19/h3-4,6-10,12H,5,11,13H2,1-2H3. The number of hydrogen-bond acceptors (Lipinski definition) is 2. The Morgan fingerprint density at radius 3 is 2.77 bits per heavy atom. The second kappa shape index (κ2) is 6.67. The zero-order chi connectivity index (χ0) is 15.5. The molecule has 0 N–H and O–H groups in total. The van der Waals surface area contributed by atoms with Gasteiger partial charge in [-0.25, -0.2) is 0 Å². The largest absolute Gasteiger partial charge is 0.488 e. The van der Waals surface area contributed by atoms with Gasteiger partial charge in [-0.3, -0.25) is 0 Å². The Hall–Kier alpha value is -1.58. The normalized spacial score (nSPS) is 15.2. The lowest BCUT2D eigenvalue weighted by molar-refractivity contribution is 0.307. The van der Waals surface area contributed by atoms with Crippen LogP contribution in [0.5, 0.6) is 5.75 Å². The fraction of sp³-hybridized carbons (Fsp3) is 0.263. The van der Waals surface area contributed by atoms with E-state index >= 15 is 0 Å². The van der Waals surface area contributed by atoms with E-state index in [-0.39, 0.29) is 0 Å². The average molecular weight is 358 g/mol. The van der Waals surface area contributed by atoms with Gasteiger partial charge in [0.05, 0.1) is 0 Å². The maximum absolute atomic E-state index is 6.03. The van der Waals surface area contributed by atoms with Gasteiger partial charge < -0.3 is 9.64 Å². The number of rotatable bonds is 3. The van der Waals surface area contributed by atoms with Crippen LogP contribution in [0.3, 0.4) is 0 Å². The number of halogens is 1. The van der Waals surface area contributed by atoms with Gasteiger partial charge in [-0.1, -0.05) is 46.3 Å². The van der Waals surface area contributed by atoms with Gasteiger partial charge in [0.25, 0.3) is 0 Å². The summed E-state index contributed by atoms with van der Waals surface area (Å²) >= 11 is 3.54. The lowest BCUT2D eigenvalue weighted by Gasteiger charge is -2.12. The van der Waals surface area contributed by atoms with Crippen molar-refractivity contribution in [3.05, 3.63) is 69.7 Å². The van der Waals surface area contributed by atoms with Crippen molar-refractivity contribution in [1.29, 1.82) is 0 Å². The third-order valence-corrected chi connectivity index (χ3v) is 4.34. The van der Waals surface area contributed by atoms with Crippen molar-refractivity contribution in [2.75, 3.05) is 20.6 Å². The summed E-state index contributed by atoms with van der Waals surface area (Å²) in [5, 5.41) is 0. The summed E-state index contributed by atoms with van der Waals surface area (Å²) in [7, 11) is 4.21. The smallest absolute Gasteiger partial charge is 0.128 e. The van der Waals surface area contributed by atoms with Crippen LogP contribution in [0.15, 0.2) is 53.0 Å². The maximum atomic E-state index is 6.03. The lowest BCUT2D eigenvalue weighted by atomic mass is 9.93. The number of fused-ring (bicyclic) bond motifs is 2. The fourth-order valence-electron chi connectivity index (χ4n) is 2.73. The molecule has 3 heteroatoms. The van der Waals surface area contributed by atoms with Crippen LogP contribution in [-0.2, 0) is 6.61 Å². The molecule has 2 aromatic carbocycles. The van der Waals surface area contributed by atoms with Crippen molar-refractivity contribution in [2.45, 2.75) is 13.0 Å². The summed E-state index contributed by atoms with van der Waals surface area (Å²) in [4.78, 5) is 2.21. The first-order valence-corrected chi connectivity index (χ1v) is 8.30. The van der Waals surface area contributed by atoms with Gasteiger partial charge in [0.15, 0.2) is 0 Å². The molecule has 0 saturated carbocycles. The van der Waals surface area contributed by atoms with E-state index < -0.39 is 0 Å². The first-order chi connectivity index (χ1) is 10.6. The molecule has 0 fully saturated rings. The third-order valence-electron chi connectivity index (χ3n) is 3.85. The Labute approximate surface area is 140 Å². The van der Waals surface area contributed by atoms with E-state index in [1.807, 2.05) is 0 Å². The molecule has 1 aliphatic rings. The zero-order valence-electron chi connectivity index (χ0n) is 13.0. The summed E-state index contributed by atoms with van der Waals surface area (Å²) in [6, 6.07) is 14.8. The SMILES string of the molecule is CN(C)CCC=C1c2ccccc2COc2cc(Br)ccc21. The van der Waals surface area contributed by atoms with Gasteiger partial charge in [0, 0.05) is 16.6 Å². The molecule has 0 amide bonds. The number of benzene rings is 2. The predicted octanol–water partition coefficient (Wildman–Crippen LogP) is 4.72. The van der Waals surface area contributed by atoms with Crippen molar-refractivity contribution in [3.63, 3.8) is 0 Å². The molecule has 1 aliphatic heterocycles. The molecule has 0 bridgehead atoms. The van der Waals surface area contributed by atoms with Gasteiger partial charge in [0.2, 0.25) is 0 Å². The summed E-state index contributed by atoms with van der Waals surface area (Å²) in [6.07, 6.45) is 3.35. The van der Waals surface area contributed by atoms with Crippen LogP contribution in [0.2, 0.25) is 0 Å². The van der Waals surface area contributed by atoms with Crippen LogP contribution in [0.25, 0.3) is 5.57 Å². The number of hydrogen-bond donors (Lipinski definition) is 0. The van der Waals surface area contributed by atoms with Crippen LogP contribution < -0.4 is 4.74 Å². The summed E-state index contributed by atoms with van der Waals surface area (Å²) in [5.41, 5.74) is 4.97. The highest BCUT2D eigenvalue weighted by Crippen LogP contribution is 2.38. The van der Waals surface area contributed by atoms with E-state index in [1.165, 1.54) is 22.3 Å². The van der Waals surface area contributed by atoms with Gasteiger partial charge in [-0.2, -0.15) is 0 Å². The molecule has 1 heterocycles. The highest BCUT2D eigenvalue weighted by Gasteiger charge is 2.18. The highest BCUT2D eigenvalue weighted by molar-refractivity contribution is 9.10. The van der Waals surface area contributed by atoms with E-state index in [4.69, 9.17) is 4.74 Å². The molecular weight excluding hydrogens is 338 g/mol. The van der Waals surface area contributed by atoms with E-state index in [0.29, 0.717) is 6.61 Å². The minimum Gasteiger partial charge on any atom is -0.488 e. The quantitative estimate of drug-likeness (QED) is 0.787. The van der Waals surface area contributed by atoms with Gasteiger partial charge in [-0.05, 0) is 55.4 Å². The van der Waals surface area contributed by atoms with E-state index in [1.54, 1.807) is 0 Å². The molecule has 22 heavy (non-hydrogen) atoms. The lowest BCUT2D eigenvalue weighted by Crippen LogP contribution is -2.12. The van der Waals surface area contributed by atoms with Crippen molar-refractivity contribution in [3.8, 4) is 5.75 Å². The first-order valence-electron chi connectivity index (χ1n) is 7.51. The predicted molar refractivity (Wildman–Crippen MR) is 95.2 cm³/mol. The molecule has 0 spiro atoms. The van der Waals surface area contributed by atoms with E-state index in [0.717, 1.165) is 23.2 Å². The monoisotopic (exact) mass is 357 g/mol. The average Bonchev–Trinajstić information content (AvgIpc) is 2.64. The molecule has 3 rings (SSSR count).